The van der Waals surface area contributed by atoms with Crippen LogP contribution < -0.4 is 29.6 Å². The Labute approximate surface area is 127 Å². The Balaban J connectivity index is -0.00000000758. The van der Waals surface area contributed by atoms with Crippen LogP contribution in [0.1, 0.15) is 1.43 Å². The normalized spacial score (nSPS) is 3.35. The van der Waals surface area contributed by atoms with Gasteiger partial charge in [-0.2, -0.15) is 0 Å². The molecule has 0 aromatic heterocycles. The van der Waals surface area contributed by atoms with Crippen LogP contribution in [0.4, 0.5) is 10.7 Å². The zero-order chi connectivity index (χ0) is 15.6. The summed E-state index contributed by atoms with van der Waals surface area (Å²) < 4.78 is 29.2. The van der Waals surface area contributed by atoms with E-state index in [1.165, 1.54) is 0 Å². The summed E-state index contributed by atoms with van der Waals surface area (Å²) in [5.74, 6) is 0. The van der Waals surface area contributed by atoms with Gasteiger partial charge in [-0.05, 0) is 0 Å². The molecule has 11 heteroatoms. The van der Waals surface area contributed by atoms with Crippen molar-refractivity contribution < 1.29 is 56.9 Å². The molecule has 17 heavy (non-hydrogen) atoms. The van der Waals surface area contributed by atoms with Crippen molar-refractivity contribution in [3.63, 3.8) is 0 Å². The van der Waals surface area contributed by atoms with Gasteiger partial charge in [-0.3, -0.25) is 0 Å². The molecule has 0 fully saturated rings. The van der Waals surface area contributed by atoms with Gasteiger partial charge in [0.05, 0.1) is 0 Å². The SMILES string of the molecule is [C-]#N.[C-]#N.[C-]#N.[C-]#N.[C-]#N.[C-]#N.[F][Fe]([F])[F].[H-].[Na+]. The Morgan fingerprint density at radius 2 is 0.529 bits per heavy atom. The minimum absolute atomic E-state index is 0. The molecule has 0 heterocycles. The molecule has 0 spiro atoms. The van der Waals surface area contributed by atoms with Gasteiger partial charge < -0.3 is 72.4 Å². The van der Waals surface area contributed by atoms with E-state index >= 15 is 0 Å². The van der Waals surface area contributed by atoms with Crippen molar-refractivity contribution in [2.75, 3.05) is 0 Å². The zero-order valence-corrected chi connectivity index (χ0v) is 11.3. The first-order valence-corrected chi connectivity index (χ1v) is 2.99. The molecule has 0 saturated heterocycles. The van der Waals surface area contributed by atoms with Gasteiger partial charge in [-0.15, -0.1) is 0 Å². The van der Waals surface area contributed by atoms with Crippen LogP contribution in [-0.2, 0) is 15.3 Å². The van der Waals surface area contributed by atoms with Gasteiger partial charge in [0.25, 0.3) is 0 Å². The standard InChI is InChI=1S/6CN.3FH.Fe.Na.H/c6*1-2;;;;;;/h;;;;;;3*1H;;;/q6*-1;;;;+3;+1;-1/p-3. The molecule has 0 aromatic carbocycles. The van der Waals surface area contributed by atoms with E-state index in [0.717, 1.165) is 0 Å². The first kappa shape index (κ1) is 58.9. The largest absolute Gasteiger partial charge is 1.00 e. The topological polar surface area (TPSA) is 143 Å². The molecule has 0 saturated carbocycles. The van der Waals surface area contributed by atoms with Gasteiger partial charge >= 0.3 is 55.5 Å². The van der Waals surface area contributed by atoms with Crippen LogP contribution in [0.5, 0.6) is 0 Å². The molecule has 0 aliphatic rings. The van der Waals surface area contributed by atoms with Crippen molar-refractivity contribution in [3.05, 3.63) is 39.4 Å². The number of hydrogen-bond acceptors (Lipinski definition) is 6. The number of halogens is 3. The fourth-order valence-electron chi connectivity index (χ4n) is 0. The monoisotopic (exact) mass is 293 g/mol. The summed E-state index contributed by atoms with van der Waals surface area (Å²) in [6.07, 6.45) is 0. The molecular formula is C6HF3FeN6Na-6. The average Bonchev–Trinajstić information content (AvgIpc) is 2.42. The van der Waals surface area contributed by atoms with Crippen molar-refractivity contribution >= 4 is 0 Å². The molecule has 0 N–H and O–H groups in total. The Kier molecular flexibility index (Phi) is 5550. The van der Waals surface area contributed by atoms with Crippen LogP contribution >= 0.6 is 0 Å². The Morgan fingerprint density at radius 3 is 0.529 bits per heavy atom. The van der Waals surface area contributed by atoms with Gasteiger partial charge in [-0.25, -0.2) is 0 Å². The maximum atomic E-state index is 9.75. The minimum Gasteiger partial charge on any atom is -1.00 e. The second-order valence-electron chi connectivity index (χ2n) is 0.152. The predicted molar refractivity (Wildman–Crippen MR) is 34.2 cm³/mol. The average molecular weight is 293 g/mol. The first-order valence-electron chi connectivity index (χ1n) is 1.74. The summed E-state index contributed by atoms with van der Waals surface area (Å²) >= 11 is -4.25. The van der Waals surface area contributed by atoms with Gasteiger partial charge in [0.1, 0.15) is 0 Å². The Morgan fingerprint density at radius 1 is 0.529 bits per heavy atom. The number of hydrogen-bond donors (Lipinski definition) is 0. The van der Waals surface area contributed by atoms with Crippen LogP contribution in [0, 0.1) is 71.0 Å². The summed E-state index contributed by atoms with van der Waals surface area (Å²) in [4.78, 5) is 0. The summed E-state index contributed by atoms with van der Waals surface area (Å²) in [6, 6.07) is 0. The molecule has 0 aromatic rings. The third-order valence-electron chi connectivity index (χ3n) is 0. The molecule has 0 bridgehead atoms. The minimum atomic E-state index is -4.25. The maximum Gasteiger partial charge on any atom is 1.00 e. The van der Waals surface area contributed by atoms with Crippen molar-refractivity contribution in [3.8, 4) is 0 Å². The second kappa shape index (κ2) is 1600. The molecule has 0 aliphatic heterocycles. The van der Waals surface area contributed by atoms with Crippen LogP contribution in [0.3, 0.4) is 0 Å². The second-order valence-corrected chi connectivity index (χ2v) is 0.625. The molecule has 0 radical (unpaired) electrons. The molecule has 0 atom stereocenters. The zero-order valence-electron chi connectivity index (χ0n) is 9.17. The fourth-order valence-corrected chi connectivity index (χ4v) is 0. The van der Waals surface area contributed by atoms with E-state index in [-0.39, 0.29) is 31.0 Å². The molecule has 91 valence electrons. The third kappa shape index (κ3) is 698. The van der Waals surface area contributed by atoms with Crippen LogP contribution in [0.15, 0.2) is 0 Å². The summed E-state index contributed by atoms with van der Waals surface area (Å²) in [5, 5.41) is 37.5. The van der Waals surface area contributed by atoms with E-state index in [1.54, 1.807) is 0 Å². The van der Waals surface area contributed by atoms with Crippen molar-refractivity contribution in [2.45, 2.75) is 0 Å². The van der Waals surface area contributed by atoms with E-state index < -0.39 is 15.3 Å². The van der Waals surface area contributed by atoms with Crippen LogP contribution in [-0.4, -0.2) is 0 Å². The fraction of sp³-hybridized carbons (Fsp3) is 0. The predicted octanol–water partition coefficient (Wildman–Crippen LogP) is -1.05. The van der Waals surface area contributed by atoms with Crippen LogP contribution in [0.2, 0.25) is 0 Å². The van der Waals surface area contributed by atoms with Gasteiger partial charge in [-0.1, -0.05) is 0 Å². The molecule has 0 rings (SSSR count). The van der Waals surface area contributed by atoms with E-state index in [1.807, 2.05) is 0 Å². The Bertz CT molecular complexity index is 144. The Hall–Kier alpha value is -1.75. The van der Waals surface area contributed by atoms with Crippen LogP contribution in [0.25, 0.3) is 0 Å². The smallest absolute Gasteiger partial charge is 1.00 e. The number of nitrogens with zero attached hydrogens (tertiary/aromatic N) is 6. The van der Waals surface area contributed by atoms with Gasteiger partial charge in [0.2, 0.25) is 0 Å². The number of rotatable bonds is 0. The molecule has 0 unspecified atom stereocenters. The first-order chi connectivity index (χ1) is 7.73. The molecule has 0 aliphatic carbocycles. The van der Waals surface area contributed by atoms with Gasteiger partial charge in [0, 0.05) is 0 Å². The van der Waals surface area contributed by atoms with Gasteiger partial charge in [0.15, 0.2) is 0 Å². The molecule has 6 nitrogen and oxygen atoms in total. The molecule has 0 amide bonds. The van der Waals surface area contributed by atoms with E-state index in [4.69, 9.17) is 71.0 Å². The molecular weight excluding hydrogens is 292 g/mol. The summed E-state index contributed by atoms with van der Waals surface area (Å²) in [5.41, 5.74) is 0. The third-order valence-corrected chi connectivity index (χ3v) is 0. The van der Waals surface area contributed by atoms with E-state index in [0.29, 0.717) is 0 Å². The van der Waals surface area contributed by atoms with E-state index in [9.17, 15) is 10.7 Å². The summed E-state index contributed by atoms with van der Waals surface area (Å²) in [7, 11) is 0. The van der Waals surface area contributed by atoms with Crippen molar-refractivity contribution in [2.24, 2.45) is 0 Å². The quantitative estimate of drug-likeness (QED) is 0.412. The van der Waals surface area contributed by atoms with Crippen molar-refractivity contribution in [1.29, 1.82) is 31.6 Å². The van der Waals surface area contributed by atoms with E-state index in [2.05, 4.69) is 0 Å². The van der Waals surface area contributed by atoms with Crippen molar-refractivity contribution in [1.82, 2.24) is 0 Å². The summed E-state index contributed by atoms with van der Waals surface area (Å²) in [6.45, 7) is 28.5. The maximum absolute atomic E-state index is 9.75.